The summed E-state index contributed by atoms with van der Waals surface area (Å²) >= 11 is 0. The fraction of sp³-hybridized carbons (Fsp3) is 0.488. The van der Waals surface area contributed by atoms with E-state index in [4.69, 9.17) is 4.74 Å². The molecule has 2 heterocycles. The molecule has 276 valence electrons. The normalized spacial score (nSPS) is 18.0. The van der Waals surface area contributed by atoms with E-state index in [0.29, 0.717) is 49.8 Å². The Hall–Kier alpha value is -4.02. The zero-order valence-corrected chi connectivity index (χ0v) is 30.7. The highest BCUT2D eigenvalue weighted by Crippen LogP contribution is 2.40. The van der Waals surface area contributed by atoms with E-state index in [2.05, 4.69) is 60.0 Å². The highest BCUT2D eigenvalue weighted by molar-refractivity contribution is 6.10. The summed E-state index contributed by atoms with van der Waals surface area (Å²) in [6, 6.07) is 10.3. The van der Waals surface area contributed by atoms with Crippen molar-refractivity contribution in [2.24, 2.45) is 16.1 Å². The van der Waals surface area contributed by atoms with Crippen LogP contribution in [-0.2, 0) is 30.4 Å². The molecular weight excluding hydrogens is 651 g/mol. The second-order valence-electron chi connectivity index (χ2n) is 13.6. The summed E-state index contributed by atoms with van der Waals surface area (Å²) in [6.45, 7) is 12.5. The summed E-state index contributed by atoms with van der Waals surface area (Å²) in [4.78, 5) is 19.2. The van der Waals surface area contributed by atoms with Crippen LogP contribution in [0.15, 0.2) is 82.6 Å². The number of hydrogen-bond acceptors (Lipinski definition) is 5. The molecule has 0 aliphatic carbocycles. The molecule has 4 rings (SSSR count). The summed E-state index contributed by atoms with van der Waals surface area (Å²) in [5, 5.41) is 7.24. The zero-order chi connectivity index (χ0) is 36.8. The van der Waals surface area contributed by atoms with Gasteiger partial charge in [0.2, 0.25) is 0 Å². The first-order valence-electron chi connectivity index (χ1n) is 18.2. The number of fused-ring (bicyclic) bond motifs is 1. The smallest absolute Gasteiger partial charge is 0.372 e. The summed E-state index contributed by atoms with van der Waals surface area (Å²) in [7, 11) is 1.86. The van der Waals surface area contributed by atoms with E-state index in [1.807, 2.05) is 43.1 Å². The lowest BCUT2D eigenvalue weighted by molar-refractivity contribution is -0.138. The molecule has 1 fully saturated rings. The number of alkyl halides is 3. The van der Waals surface area contributed by atoms with Crippen LogP contribution in [0, 0.1) is 5.92 Å². The van der Waals surface area contributed by atoms with Crippen molar-refractivity contribution in [1.82, 2.24) is 9.80 Å². The van der Waals surface area contributed by atoms with Gasteiger partial charge in [0.15, 0.2) is 0 Å². The number of carbonyl (C=O) groups excluding carboxylic acids is 1. The van der Waals surface area contributed by atoms with E-state index < -0.39 is 17.6 Å². The topological polar surface area (TPSA) is 60.7 Å². The fourth-order valence-electron chi connectivity index (χ4n) is 6.88. The van der Waals surface area contributed by atoms with Gasteiger partial charge < -0.3 is 14.5 Å². The summed E-state index contributed by atoms with van der Waals surface area (Å²) in [6.07, 6.45) is 14.6. The number of carbonyl (C=O) groups is 1. The molecule has 2 unspecified atom stereocenters. The predicted octanol–water partition coefficient (Wildman–Crippen LogP) is 9.24. The maximum absolute atomic E-state index is 14.5. The Morgan fingerprint density at radius 3 is 2.75 bits per heavy atom. The van der Waals surface area contributed by atoms with Crippen molar-refractivity contribution >= 4 is 24.7 Å². The van der Waals surface area contributed by atoms with Crippen molar-refractivity contribution in [3.63, 3.8) is 0 Å². The molecule has 0 saturated carbocycles. The maximum atomic E-state index is 14.5. The minimum Gasteiger partial charge on any atom is -0.372 e. The number of benzene rings is 2. The maximum Gasteiger partial charge on any atom is 0.416 e. The Morgan fingerprint density at radius 2 is 2.02 bits per heavy atom. The molecule has 0 bridgehead atoms. The Bertz CT molecular complexity index is 1580. The van der Waals surface area contributed by atoms with Crippen LogP contribution in [0.3, 0.4) is 0 Å². The molecule has 2 atom stereocenters. The van der Waals surface area contributed by atoms with Gasteiger partial charge in [-0.05, 0) is 91.6 Å². The van der Waals surface area contributed by atoms with Crippen molar-refractivity contribution in [2.45, 2.75) is 91.1 Å². The number of likely N-dealkylation sites (tertiary alicyclic amines) is 1. The van der Waals surface area contributed by atoms with Gasteiger partial charge in [0.05, 0.1) is 24.8 Å². The van der Waals surface area contributed by atoms with Gasteiger partial charge in [-0.3, -0.25) is 9.69 Å². The van der Waals surface area contributed by atoms with Gasteiger partial charge in [-0.25, -0.2) is 0 Å². The molecule has 0 aromatic heterocycles. The van der Waals surface area contributed by atoms with E-state index in [9.17, 15) is 18.0 Å². The lowest BCUT2D eigenvalue weighted by Crippen LogP contribution is -2.39. The minimum atomic E-state index is -4.59. The average molecular weight is 706 g/mol. The first-order valence-corrected chi connectivity index (χ1v) is 18.2. The van der Waals surface area contributed by atoms with Crippen molar-refractivity contribution < 1.29 is 22.7 Å². The second-order valence-corrected chi connectivity index (χ2v) is 13.6. The van der Waals surface area contributed by atoms with Gasteiger partial charge in [-0.2, -0.15) is 18.3 Å². The molecule has 1 saturated heterocycles. The third-order valence-electron chi connectivity index (χ3n) is 9.64. The van der Waals surface area contributed by atoms with E-state index in [1.165, 1.54) is 30.2 Å². The monoisotopic (exact) mass is 705 g/mol. The number of allylic oxidation sites excluding steroid dienone is 4. The first-order chi connectivity index (χ1) is 24.6. The van der Waals surface area contributed by atoms with Gasteiger partial charge in [-0.15, -0.1) is 5.10 Å². The number of ether oxygens (including phenoxy) is 1. The van der Waals surface area contributed by atoms with Crippen LogP contribution in [0.25, 0.3) is 0 Å². The number of hydrogen-bond donors (Lipinski definition) is 0. The van der Waals surface area contributed by atoms with Gasteiger partial charge >= 0.3 is 6.18 Å². The van der Waals surface area contributed by atoms with Crippen molar-refractivity contribution in [3.8, 4) is 0 Å². The van der Waals surface area contributed by atoms with E-state index in [0.717, 1.165) is 36.9 Å². The lowest BCUT2D eigenvalue weighted by Gasteiger charge is -2.33. The lowest BCUT2D eigenvalue weighted by atomic mass is 9.97. The third-order valence-corrected chi connectivity index (χ3v) is 9.64. The number of rotatable bonds is 18. The zero-order valence-electron chi connectivity index (χ0n) is 30.7. The molecule has 0 N–H and O–H groups in total. The van der Waals surface area contributed by atoms with E-state index in [-0.39, 0.29) is 23.8 Å². The molecule has 2 aromatic rings. The highest BCUT2D eigenvalue weighted by Gasteiger charge is 2.40. The molecule has 0 radical (unpaired) electrons. The van der Waals surface area contributed by atoms with Gasteiger partial charge in [-0.1, -0.05) is 75.6 Å². The number of anilines is 1. The summed E-state index contributed by atoms with van der Waals surface area (Å²) in [5.41, 5.74) is 2.51. The Morgan fingerprint density at radius 1 is 1.20 bits per heavy atom. The van der Waals surface area contributed by atoms with E-state index in [1.54, 1.807) is 18.5 Å². The van der Waals surface area contributed by atoms with Crippen LogP contribution in [0.5, 0.6) is 0 Å². The number of halogens is 3. The van der Waals surface area contributed by atoms with Crippen LogP contribution in [0.1, 0.15) is 91.9 Å². The quantitative estimate of drug-likeness (QED) is 0.0672. The van der Waals surface area contributed by atoms with Crippen LogP contribution < -0.4 is 4.90 Å². The molecule has 2 aromatic carbocycles. The summed E-state index contributed by atoms with van der Waals surface area (Å²) in [5.74, 6) is 0.301. The molecular formula is C41H54F3N5O2. The number of nitrogens with zero attached hydrogens (tertiary/aromatic N) is 5. The van der Waals surface area contributed by atoms with Crippen LogP contribution in [0.4, 0.5) is 18.9 Å². The third kappa shape index (κ3) is 11.8. The molecule has 2 aliphatic heterocycles. The minimum absolute atomic E-state index is 0.0299. The molecule has 51 heavy (non-hydrogen) atoms. The largest absolute Gasteiger partial charge is 0.416 e. The van der Waals surface area contributed by atoms with Gasteiger partial charge in [0, 0.05) is 44.7 Å². The molecule has 7 nitrogen and oxygen atoms in total. The van der Waals surface area contributed by atoms with Gasteiger partial charge in [0.25, 0.3) is 5.91 Å². The van der Waals surface area contributed by atoms with Gasteiger partial charge in [0.1, 0.15) is 6.34 Å². The van der Waals surface area contributed by atoms with Crippen LogP contribution >= 0.6 is 0 Å². The number of likely N-dealkylation sites (N-methyl/N-ethyl adjacent to an activating group) is 1. The first kappa shape index (κ1) is 39.8. The number of piperidine rings is 1. The van der Waals surface area contributed by atoms with Crippen molar-refractivity contribution in [1.29, 1.82) is 0 Å². The SMILES string of the molecule is C=N/N=C\N(C)CCc1cccc(N2Cc3c(cc(CN4CCCC(OCC(/C=C\C)=C/C=C/CC(CC)CCC)C4)cc3C(F)(F)F)C2=O)c1. The standard InChI is InChI=1S/C41H54F3N5O2/c1-6-13-31(8-3)15-9-10-16-33(14-7-2)29-51-36-19-12-21-48(27-36)26-34-24-37-38(39(25-34)41(42,43)44)28-49(40(37)50)35-18-11-17-32(23-35)20-22-47(5)30-46-45-4/h7,9-11,14,16-18,23-25,30-31,36H,4,6,8,12-13,15,19-22,26-29H2,1-3,5H3/b10-9+,14-7-,33-16+,46-30-. The second kappa shape index (κ2) is 19.6. The fourth-order valence-corrected chi connectivity index (χ4v) is 6.88. The Labute approximate surface area is 302 Å². The van der Waals surface area contributed by atoms with E-state index >= 15 is 0 Å². The summed E-state index contributed by atoms with van der Waals surface area (Å²) < 4.78 is 49.8. The number of amides is 1. The Kier molecular flexibility index (Phi) is 15.2. The molecule has 0 spiro atoms. The molecule has 10 heteroatoms. The van der Waals surface area contributed by atoms with Crippen LogP contribution in [0.2, 0.25) is 0 Å². The Balaban J connectivity index is 1.43. The highest BCUT2D eigenvalue weighted by atomic mass is 19.4. The predicted molar refractivity (Wildman–Crippen MR) is 202 cm³/mol. The van der Waals surface area contributed by atoms with Crippen LogP contribution in [-0.4, -0.2) is 68.2 Å². The average Bonchev–Trinajstić information content (AvgIpc) is 3.45. The van der Waals surface area contributed by atoms with Crippen molar-refractivity contribution in [3.05, 3.63) is 100 Å². The molecule has 2 aliphatic rings. The van der Waals surface area contributed by atoms with Crippen molar-refractivity contribution in [2.75, 3.05) is 38.2 Å². The molecule has 1 amide bonds.